The van der Waals surface area contributed by atoms with Crippen LogP contribution >= 0.6 is 0 Å². The Hall–Kier alpha value is -5.86. The van der Waals surface area contributed by atoms with Crippen LogP contribution in [0.2, 0.25) is 0 Å². The summed E-state index contributed by atoms with van der Waals surface area (Å²) in [4.78, 5) is 9.33. The molecule has 1 heterocycles. The molecule has 7 aromatic carbocycles. The van der Waals surface area contributed by atoms with E-state index in [0.717, 1.165) is 22.5 Å². The van der Waals surface area contributed by atoms with Crippen molar-refractivity contribution in [2.24, 2.45) is 0 Å². The van der Waals surface area contributed by atoms with Crippen LogP contribution in [0.1, 0.15) is 0 Å². The Balaban J connectivity index is 1.24. The van der Waals surface area contributed by atoms with Crippen LogP contribution in [0.25, 0.3) is 99.7 Å². The molecule has 0 atom stereocenters. The molecule has 44 heavy (non-hydrogen) atoms. The molecule has 0 saturated heterocycles. The minimum Gasteiger partial charge on any atom is -0.237 e. The number of benzene rings is 7. The molecular weight excluding hydrogens is 532 g/mol. The molecule has 10 rings (SSSR count). The second kappa shape index (κ2) is 8.82. The zero-order valence-corrected chi connectivity index (χ0v) is 23.8. The molecular formula is C42H24N2. The number of aromatic nitrogens is 2. The molecule has 0 amide bonds. The van der Waals surface area contributed by atoms with E-state index in [4.69, 9.17) is 0 Å². The van der Waals surface area contributed by atoms with Gasteiger partial charge in [0.2, 0.25) is 0 Å². The second-order valence-electron chi connectivity index (χ2n) is 11.7. The van der Waals surface area contributed by atoms with Gasteiger partial charge in [-0.1, -0.05) is 109 Å². The van der Waals surface area contributed by atoms with E-state index in [1.807, 2.05) is 18.5 Å². The predicted molar refractivity (Wildman–Crippen MR) is 182 cm³/mol. The number of rotatable bonds is 3. The standard InChI is InChI=1S/C42H24N2/c1-3-10-32-30(8-1)36-14-5-12-34-28(16-18-38(32)40(34)36)25-22-26(24-27(23-25)42-43-20-7-21-44-42)29-17-19-39-33-11-4-2-9-31(33)37-15-6-13-35(29)41(37)39/h1-24H. The fourth-order valence-corrected chi connectivity index (χ4v) is 7.64. The average Bonchev–Trinajstić information content (AvgIpc) is 3.60. The summed E-state index contributed by atoms with van der Waals surface area (Å²) >= 11 is 0. The molecule has 0 radical (unpaired) electrons. The third-order valence-electron chi connectivity index (χ3n) is 9.48. The van der Waals surface area contributed by atoms with Gasteiger partial charge in [-0.25, -0.2) is 9.97 Å². The van der Waals surface area contributed by atoms with Crippen molar-refractivity contribution in [3.63, 3.8) is 0 Å². The largest absolute Gasteiger partial charge is 0.237 e. The van der Waals surface area contributed by atoms with Crippen molar-refractivity contribution < 1.29 is 0 Å². The molecule has 202 valence electrons. The molecule has 0 fully saturated rings. The second-order valence-corrected chi connectivity index (χ2v) is 11.7. The number of nitrogens with zero attached hydrogens (tertiary/aromatic N) is 2. The SMILES string of the molecule is c1cnc(-c2cc(-c3ccc4c5c(cccc35)-c3ccccc3-4)cc(-c3ccc4c5c(cccc35)-c3ccccc3-4)c2)nc1. The van der Waals surface area contributed by atoms with Crippen LogP contribution < -0.4 is 0 Å². The van der Waals surface area contributed by atoms with Gasteiger partial charge in [0.1, 0.15) is 0 Å². The van der Waals surface area contributed by atoms with Gasteiger partial charge in [-0.15, -0.1) is 0 Å². The predicted octanol–water partition coefficient (Wildman–Crippen LogP) is 11.1. The third-order valence-corrected chi connectivity index (χ3v) is 9.48. The molecule has 8 aromatic rings. The maximum absolute atomic E-state index is 4.66. The Labute approximate surface area is 255 Å². The summed E-state index contributed by atoms with van der Waals surface area (Å²) in [5.74, 6) is 0.729. The number of fused-ring (bicyclic) bond motifs is 6. The van der Waals surface area contributed by atoms with Crippen LogP contribution in [0, 0.1) is 0 Å². The van der Waals surface area contributed by atoms with E-state index in [-0.39, 0.29) is 0 Å². The Morgan fingerprint density at radius 2 is 0.682 bits per heavy atom. The summed E-state index contributed by atoms with van der Waals surface area (Å²) in [6, 6.07) is 48.8. The lowest BCUT2D eigenvalue weighted by atomic mass is 9.89. The summed E-state index contributed by atoms with van der Waals surface area (Å²) in [7, 11) is 0. The maximum Gasteiger partial charge on any atom is 0.159 e. The maximum atomic E-state index is 4.66. The van der Waals surface area contributed by atoms with E-state index in [1.54, 1.807) is 0 Å². The van der Waals surface area contributed by atoms with Gasteiger partial charge >= 0.3 is 0 Å². The molecule has 0 bridgehead atoms. The molecule has 1 aromatic heterocycles. The first-order valence-corrected chi connectivity index (χ1v) is 15.1. The van der Waals surface area contributed by atoms with Crippen molar-refractivity contribution in [2.75, 3.05) is 0 Å². The Morgan fingerprint density at radius 1 is 0.295 bits per heavy atom. The summed E-state index contributed by atoms with van der Waals surface area (Å²) < 4.78 is 0. The van der Waals surface area contributed by atoms with E-state index in [0.29, 0.717) is 0 Å². The first-order chi connectivity index (χ1) is 21.8. The van der Waals surface area contributed by atoms with E-state index in [2.05, 4.69) is 137 Å². The molecule has 2 aliphatic rings. The van der Waals surface area contributed by atoms with Gasteiger partial charge in [0.05, 0.1) is 0 Å². The molecule has 2 nitrogen and oxygen atoms in total. The average molecular weight is 557 g/mol. The van der Waals surface area contributed by atoms with Crippen LogP contribution in [0.4, 0.5) is 0 Å². The Kier molecular flexibility index (Phi) is 4.75. The highest BCUT2D eigenvalue weighted by atomic mass is 14.8. The lowest BCUT2D eigenvalue weighted by Gasteiger charge is -2.15. The molecule has 0 saturated carbocycles. The topological polar surface area (TPSA) is 25.8 Å². The van der Waals surface area contributed by atoms with Gasteiger partial charge < -0.3 is 0 Å². The first-order valence-electron chi connectivity index (χ1n) is 15.1. The zero-order valence-electron chi connectivity index (χ0n) is 23.8. The quantitative estimate of drug-likeness (QED) is 0.216. The van der Waals surface area contributed by atoms with Gasteiger partial charge in [0.15, 0.2) is 5.82 Å². The minimum atomic E-state index is 0.729. The lowest BCUT2D eigenvalue weighted by Crippen LogP contribution is -1.92. The highest BCUT2D eigenvalue weighted by Gasteiger charge is 2.24. The highest BCUT2D eigenvalue weighted by Crippen LogP contribution is 2.51. The molecule has 0 unspecified atom stereocenters. The number of hydrogen-bond donors (Lipinski definition) is 0. The van der Waals surface area contributed by atoms with Crippen molar-refractivity contribution in [1.29, 1.82) is 0 Å². The highest BCUT2D eigenvalue weighted by molar-refractivity contribution is 6.20. The van der Waals surface area contributed by atoms with Gasteiger partial charge in [0.25, 0.3) is 0 Å². The van der Waals surface area contributed by atoms with Crippen molar-refractivity contribution in [3.8, 4) is 78.1 Å². The van der Waals surface area contributed by atoms with Crippen molar-refractivity contribution in [3.05, 3.63) is 146 Å². The molecule has 0 aliphatic heterocycles. The van der Waals surface area contributed by atoms with E-state index < -0.39 is 0 Å². The van der Waals surface area contributed by atoms with E-state index in [1.165, 1.54) is 77.2 Å². The summed E-state index contributed by atoms with van der Waals surface area (Å²) in [5, 5.41) is 5.20. The Bertz CT molecular complexity index is 2280. The van der Waals surface area contributed by atoms with Crippen LogP contribution in [-0.4, -0.2) is 9.97 Å². The Morgan fingerprint density at radius 3 is 1.16 bits per heavy atom. The minimum absolute atomic E-state index is 0.729. The van der Waals surface area contributed by atoms with Crippen molar-refractivity contribution in [2.45, 2.75) is 0 Å². The molecule has 0 spiro atoms. The summed E-state index contributed by atoms with van der Waals surface area (Å²) in [6.07, 6.45) is 3.64. The van der Waals surface area contributed by atoms with E-state index in [9.17, 15) is 0 Å². The molecule has 2 heteroatoms. The number of hydrogen-bond acceptors (Lipinski definition) is 2. The summed E-state index contributed by atoms with van der Waals surface area (Å²) in [5.41, 5.74) is 16.3. The van der Waals surface area contributed by atoms with Gasteiger partial charge in [-0.3, -0.25) is 0 Å². The van der Waals surface area contributed by atoms with Gasteiger partial charge in [0, 0.05) is 18.0 Å². The molecule has 0 N–H and O–H groups in total. The lowest BCUT2D eigenvalue weighted by molar-refractivity contribution is 1.18. The van der Waals surface area contributed by atoms with Crippen LogP contribution in [0.5, 0.6) is 0 Å². The van der Waals surface area contributed by atoms with Crippen molar-refractivity contribution >= 4 is 21.5 Å². The van der Waals surface area contributed by atoms with Crippen molar-refractivity contribution in [1.82, 2.24) is 9.97 Å². The first kappa shape index (κ1) is 23.7. The fourth-order valence-electron chi connectivity index (χ4n) is 7.64. The van der Waals surface area contributed by atoms with Crippen LogP contribution in [-0.2, 0) is 0 Å². The van der Waals surface area contributed by atoms with Crippen LogP contribution in [0.15, 0.2) is 146 Å². The fraction of sp³-hybridized carbons (Fsp3) is 0. The zero-order chi connectivity index (χ0) is 28.8. The monoisotopic (exact) mass is 556 g/mol. The van der Waals surface area contributed by atoms with Gasteiger partial charge in [-0.2, -0.15) is 0 Å². The normalized spacial score (nSPS) is 12.1. The van der Waals surface area contributed by atoms with Gasteiger partial charge in [-0.05, 0) is 113 Å². The smallest absolute Gasteiger partial charge is 0.159 e. The molecule has 2 aliphatic carbocycles. The van der Waals surface area contributed by atoms with E-state index >= 15 is 0 Å². The summed E-state index contributed by atoms with van der Waals surface area (Å²) in [6.45, 7) is 0. The third kappa shape index (κ3) is 3.20. The van der Waals surface area contributed by atoms with Crippen LogP contribution in [0.3, 0.4) is 0 Å².